The molecule has 3 rings (SSSR count). The molecule has 0 aliphatic heterocycles. The van der Waals surface area contributed by atoms with Crippen molar-refractivity contribution in [2.24, 2.45) is 13.0 Å². The summed E-state index contributed by atoms with van der Waals surface area (Å²) in [6.45, 7) is 8.29. The predicted molar refractivity (Wildman–Crippen MR) is 115 cm³/mol. The Balaban J connectivity index is 1.92. The number of sulfonamides is 1. The summed E-state index contributed by atoms with van der Waals surface area (Å²) in [5.74, 6) is -0.00734. The summed E-state index contributed by atoms with van der Waals surface area (Å²) in [4.78, 5) is 11.8. The first-order chi connectivity index (χ1) is 13.6. The Bertz CT molecular complexity index is 1160. The van der Waals surface area contributed by atoms with E-state index in [1.54, 1.807) is 13.1 Å². The minimum Gasteiger partial charge on any atom is -0.408 e. The Hall–Kier alpha value is -2.38. The number of hydrogen-bond donors (Lipinski definition) is 1. The third-order valence-corrected chi connectivity index (χ3v) is 6.94. The molecule has 0 unspecified atom stereocenters. The van der Waals surface area contributed by atoms with Crippen molar-refractivity contribution in [3.8, 4) is 0 Å². The molecular weight excluding hydrogens is 388 g/mol. The van der Waals surface area contributed by atoms with Crippen molar-refractivity contribution < 1.29 is 12.8 Å². The largest absolute Gasteiger partial charge is 0.419 e. The maximum Gasteiger partial charge on any atom is 0.419 e. The second-order valence-corrected chi connectivity index (χ2v) is 9.59. The molecule has 0 aliphatic rings. The lowest BCUT2D eigenvalue weighted by Gasteiger charge is -2.23. The standard InChI is InChI=1S/C22H28N2O4S/c1-6-15(4)16-7-9-17(10-8-16)21(14(2)3)23-29(26,27)18-11-12-19-20(13-18)28-22(25)24(19)5/h7-15,21,23H,6H2,1-5H3/t15-,21+/m1/s1. The van der Waals surface area contributed by atoms with Crippen molar-refractivity contribution in [2.45, 2.75) is 51.0 Å². The number of oxazole rings is 1. The second-order valence-electron chi connectivity index (χ2n) is 7.88. The van der Waals surface area contributed by atoms with E-state index in [9.17, 15) is 13.2 Å². The summed E-state index contributed by atoms with van der Waals surface area (Å²) < 4.78 is 35.4. The van der Waals surface area contributed by atoms with Gasteiger partial charge < -0.3 is 4.42 Å². The molecule has 1 N–H and O–H groups in total. The molecule has 1 aromatic heterocycles. The van der Waals surface area contributed by atoms with Crippen molar-refractivity contribution >= 4 is 21.1 Å². The molecule has 0 fully saturated rings. The minimum atomic E-state index is -3.80. The van der Waals surface area contributed by atoms with Crippen LogP contribution in [0.2, 0.25) is 0 Å². The Labute approximate surface area is 171 Å². The van der Waals surface area contributed by atoms with Crippen LogP contribution in [0.5, 0.6) is 0 Å². The zero-order chi connectivity index (χ0) is 21.3. The van der Waals surface area contributed by atoms with Gasteiger partial charge >= 0.3 is 5.76 Å². The van der Waals surface area contributed by atoms with Crippen LogP contribution < -0.4 is 10.5 Å². The zero-order valence-corrected chi connectivity index (χ0v) is 18.3. The van der Waals surface area contributed by atoms with Crippen LogP contribution in [-0.2, 0) is 17.1 Å². The maximum atomic E-state index is 13.0. The van der Waals surface area contributed by atoms with Crippen LogP contribution in [0.3, 0.4) is 0 Å². The number of fused-ring (bicyclic) bond motifs is 1. The van der Waals surface area contributed by atoms with Gasteiger partial charge in [-0.3, -0.25) is 4.57 Å². The van der Waals surface area contributed by atoms with Crippen LogP contribution in [0.25, 0.3) is 11.1 Å². The number of nitrogens with zero attached hydrogens (tertiary/aromatic N) is 1. The molecule has 2 aromatic carbocycles. The fourth-order valence-corrected chi connectivity index (χ4v) is 4.76. The first kappa shape index (κ1) is 21.3. The fraction of sp³-hybridized carbons (Fsp3) is 0.409. The summed E-state index contributed by atoms with van der Waals surface area (Å²) in [5, 5.41) is 0. The second kappa shape index (κ2) is 8.16. The van der Waals surface area contributed by atoms with Gasteiger partial charge in [0.05, 0.1) is 10.4 Å². The number of benzene rings is 2. The average molecular weight is 417 g/mol. The monoisotopic (exact) mass is 416 g/mol. The molecule has 0 amide bonds. The van der Waals surface area contributed by atoms with Crippen LogP contribution >= 0.6 is 0 Å². The highest BCUT2D eigenvalue weighted by molar-refractivity contribution is 7.89. The van der Waals surface area contributed by atoms with Crippen molar-refractivity contribution in [1.29, 1.82) is 0 Å². The average Bonchev–Trinajstić information content (AvgIpc) is 2.99. The molecule has 156 valence electrons. The van der Waals surface area contributed by atoms with E-state index in [0.717, 1.165) is 12.0 Å². The highest BCUT2D eigenvalue weighted by Gasteiger charge is 2.25. The first-order valence-electron chi connectivity index (χ1n) is 9.85. The Morgan fingerprint density at radius 1 is 1.03 bits per heavy atom. The van der Waals surface area contributed by atoms with E-state index < -0.39 is 15.8 Å². The zero-order valence-electron chi connectivity index (χ0n) is 17.5. The molecule has 2 atom stereocenters. The van der Waals surface area contributed by atoms with Crippen LogP contribution in [0.4, 0.5) is 0 Å². The third kappa shape index (κ3) is 4.31. The van der Waals surface area contributed by atoms with Crippen LogP contribution in [-0.4, -0.2) is 13.0 Å². The Morgan fingerprint density at radius 2 is 1.66 bits per heavy atom. The highest BCUT2D eigenvalue weighted by Crippen LogP contribution is 2.27. The fourth-order valence-electron chi connectivity index (χ4n) is 3.37. The highest BCUT2D eigenvalue weighted by atomic mass is 32.2. The molecule has 0 bridgehead atoms. The SMILES string of the molecule is CC[C@@H](C)c1ccc([C@@H](NS(=O)(=O)c2ccc3c(c2)oc(=O)n3C)C(C)C)cc1. The molecule has 0 radical (unpaired) electrons. The number of nitrogens with one attached hydrogen (secondary N) is 1. The van der Waals surface area contributed by atoms with Gasteiger partial charge in [-0.25, -0.2) is 17.9 Å². The summed E-state index contributed by atoms with van der Waals surface area (Å²) in [7, 11) is -2.22. The van der Waals surface area contributed by atoms with E-state index in [1.807, 2.05) is 26.0 Å². The van der Waals surface area contributed by atoms with Crippen molar-refractivity contribution in [1.82, 2.24) is 9.29 Å². The summed E-state index contributed by atoms with van der Waals surface area (Å²) in [5.41, 5.74) is 2.96. The maximum absolute atomic E-state index is 13.0. The van der Waals surface area contributed by atoms with Crippen LogP contribution in [0.1, 0.15) is 57.2 Å². The van der Waals surface area contributed by atoms with Gasteiger partial charge in [0, 0.05) is 19.2 Å². The van der Waals surface area contributed by atoms with E-state index in [0.29, 0.717) is 11.4 Å². The van der Waals surface area contributed by atoms with E-state index in [1.165, 1.54) is 22.3 Å². The third-order valence-electron chi connectivity index (χ3n) is 5.50. The van der Waals surface area contributed by atoms with Gasteiger partial charge in [0.25, 0.3) is 0 Å². The van der Waals surface area contributed by atoms with E-state index in [4.69, 9.17) is 4.42 Å². The molecule has 1 heterocycles. The van der Waals surface area contributed by atoms with Gasteiger partial charge in [0.2, 0.25) is 10.0 Å². The first-order valence-corrected chi connectivity index (χ1v) is 11.3. The van der Waals surface area contributed by atoms with E-state index >= 15 is 0 Å². The van der Waals surface area contributed by atoms with Crippen molar-refractivity contribution in [3.05, 3.63) is 64.1 Å². The van der Waals surface area contributed by atoms with Gasteiger partial charge in [-0.05, 0) is 41.5 Å². The number of rotatable bonds is 7. The molecule has 6 nitrogen and oxygen atoms in total. The topological polar surface area (TPSA) is 81.3 Å². The molecule has 0 aliphatic carbocycles. The minimum absolute atomic E-state index is 0.0533. The number of aryl methyl sites for hydroxylation is 1. The van der Waals surface area contributed by atoms with Crippen molar-refractivity contribution in [2.75, 3.05) is 0 Å². The number of aromatic nitrogens is 1. The van der Waals surface area contributed by atoms with Gasteiger partial charge in [-0.1, -0.05) is 52.0 Å². The smallest absolute Gasteiger partial charge is 0.408 e. The molecule has 0 spiro atoms. The molecule has 7 heteroatoms. The Kier molecular flexibility index (Phi) is 6.00. The summed E-state index contributed by atoms with van der Waals surface area (Å²) in [6, 6.07) is 12.2. The summed E-state index contributed by atoms with van der Waals surface area (Å²) in [6.07, 6.45) is 1.05. The Morgan fingerprint density at radius 3 is 2.24 bits per heavy atom. The van der Waals surface area contributed by atoms with Crippen LogP contribution in [0, 0.1) is 5.92 Å². The van der Waals surface area contributed by atoms with Gasteiger partial charge in [0.15, 0.2) is 5.58 Å². The molecule has 29 heavy (non-hydrogen) atoms. The van der Waals surface area contributed by atoms with Gasteiger partial charge in [-0.2, -0.15) is 0 Å². The molecular formula is C22H28N2O4S. The van der Waals surface area contributed by atoms with Gasteiger partial charge in [0.1, 0.15) is 0 Å². The van der Waals surface area contributed by atoms with E-state index in [-0.39, 0.29) is 22.4 Å². The lowest BCUT2D eigenvalue weighted by atomic mass is 9.93. The molecule has 3 aromatic rings. The normalized spacial score (nSPS) is 14.4. The van der Waals surface area contributed by atoms with Crippen molar-refractivity contribution in [3.63, 3.8) is 0 Å². The van der Waals surface area contributed by atoms with Crippen LogP contribution in [0.15, 0.2) is 56.6 Å². The number of hydrogen-bond acceptors (Lipinski definition) is 4. The predicted octanol–water partition coefficient (Wildman–Crippen LogP) is 4.32. The molecule has 0 saturated carbocycles. The lowest BCUT2D eigenvalue weighted by molar-refractivity contribution is 0.463. The quantitative estimate of drug-likeness (QED) is 0.622. The van der Waals surface area contributed by atoms with E-state index in [2.05, 4.69) is 30.7 Å². The molecule has 0 saturated heterocycles. The lowest BCUT2D eigenvalue weighted by Crippen LogP contribution is -2.31. The van der Waals surface area contributed by atoms with Gasteiger partial charge in [-0.15, -0.1) is 0 Å². The summed E-state index contributed by atoms with van der Waals surface area (Å²) >= 11 is 0.